The van der Waals surface area contributed by atoms with Crippen molar-refractivity contribution in [2.24, 2.45) is 5.92 Å². The molecule has 1 unspecified atom stereocenters. The number of rotatable bonds is 3. The van der Waals surface area contributed by atoms with Gasteiger partial charge in [-0.25, -0.2) is 0 Å². The molecule has 0 fully saturated rings. The zero-order chi connectivity index (χ0) is 10.8. The Morgan fingerprint density at radius 1 is 1.53 bits per heavy atom. The fourth-order valence-electron chi connectivity index (χ4n) is 2.45. The second-order valence-corrected chi connectivity index (χ2v) is 5.24. The van der Waals surface area contributed by atoms with Crippen LogP contribution in [-0.4, -0.2) is 19.6 Å². The molecule has 2 heterocycles. The Morgan fingerprint density at radius 3 is 2.93 bits per heavy atom. The van der Waals surface area contributed by atoms with Crippen LogP contribution in [0.1, 0.15) is 26.7 Å². The van der Waals surface area contributed by atoms with Crippen LogP contribution in [0.4, 0.5) is 10.7 Å². The van der Waals surface area contributed by atoms with Crippen molar-refractivity contribution in [1.82, 2.24) is 0 Å². The maximum atomic E-state index is 3.68. The molecule has 1 N–H and O–H groups in total. The van der Waals surface area contributed by atoms with Crippen LogP contribution in [0, 0.1) is 5.92 Å². The highest BCUT2D eigenvalue weighted by atomic mass is 32.1. The molecular formula is C12H20N2S. The van der Waals surface area contributed by atoms with Gasteiger partial charge in [0.2, 0.25) is 0 Å². The second kappa shape index (κ2) is 4.44. The Bertz CT molecular complexity index is 317. The predicted molar refractivity (Wildman–Crippen MR) is 69.1 cm³/mol. The summed E-state index contributed by atoms with van der Waals surface area (Å²) in [6.45, 7) is 5.72. The summed E-state index contributed by atoms with van der Waals surface area (Å²) in [5, 5.41) is 7.23. The van der Waals surface area contributed by atoms with E-state index in [4.69, 9.17) is 0 Å². The molecule has 1 aromatic heterocycles. The van der Waals surface area contributed by atoms with Crippen LogP contribution in [0.15, 0.2) is 11.4 Å². The Hall–Kier alpha value is -0.700. The first-order valence-corrected chi connectivity index (χ1v) is 6.69. The summed E-state index contributed by atoms with van der Waals surface area (Å²) in [7, 11) is 2.20. The summed E-state index contributed by atoms with van der Waals surface area (Å²) in [5.41, 5.74) is 1.32. The molecule has 1 atom stereocenters. The van der Waals surface area contributed by atoms with E-state index in [1.54, 1.807) is 0 Å². The molecular weight excluding hydrogens is 204 g/mol. The zero-order valence-corrected chi connectivity index (χ0v) is 10.6. The molecule has 2 nitrogen and oxygen atoms in total. The van der Waals surface area contributed by atoms with E-state index in [0.29, 0.717) is 6.04 Å². The third-order valence-electron chi connectivity index (χ3n) is 3.42. The number of hydrogen-bond donors (Lipinski definition) is 1. The van der Waals surface area contributed by atoms with Crippen molar-refractivity contribution in [3.63, 3.8) is 0 Å². The third kappa shape index (κ3) is 1.98. The molecule has 15 heavy (non-hydrogen) atoms. The first-order chi connectivity index (χ1) is 7.26. The Labute approximate surface area is 96.3 Å². The van der Waals surface area contributed by atoms with Crippen LogP contribution in [-0.2, 0) is 0 Å². The topological polar surface area (TPSA) is 15.3 Å². The van der Waals surface area contributed by atoms with Gasteiger partial charge in [-0.3, -0.25) is 0 Å². The van der Waals surface area contributed by atoms with Gasteiger partial charge in [-0.05, 0) is 17.4 Å². The first kappa shape index (κ1) is 10.8. The molecule has 0 radical (unpaired) electrons. The van der Waals surface area contributed by atoms with Gasteiger partial charge in [0, 0.05) is 19.6 Å². The van der Waals surface area contributed by atoms with Crippen molar-refractivity contribution in [3.8, 4) is 0 Å². The highest BCUT2D eigenvalue weighted by Crippen LogP contribution is 2.37. The first-order valence-electron chi connectivity index (χ1n) is 5.81. The Balaban J connectivity index is 2.15. The van der Waals surface area contributed by atoms with Crippen LogP contribution in [0.3, 0.4) is 0 Å². The maximum absolute atomic E-state index is 3.68. The zero-order valence-electron chi connectivity index (χ0n) is 9.79. The largest absolute Gasteiger partial charge is 0.378 e. The summed E-state index contributed by atoms with van der Waals surface area (Å²) in [5.74, 6) is 0.792. The van der Waals surface area contributed by atoms with Crippen molar-refractivity contribution in [2.75, 3.05) is 23.8 Å². The Morgan fingerprint density at radius 2 is 2.27 bits per heavy atom. The van der Waals surface area contributed by atoms with Gasteiger partial charge in [-0.2, -0.15) is 0 Å². The molecule has 0 spiro atoms. The van der Waals surface area contributed by atoms with Crippen LogP contribution in [0.2, 0.25) is 0 Å². The van der Waals surface area contributed by atoms with Crippen molar-refractivity contribution in [3.05, 3.63) is 11.4 Å². The average Bonchev–Trinajstić information content (AvgIpc) is 2.68. The fourth-order valence-corrected chi connectivity index (χ4v) is 3.30. The van der Waals surface area contributed by atoms with Gasteiger partial charge in [0.1, 0.15) is 5.00 Å². The van der Waals surface area contributed by atoms with Gasteiger partial charge >= 0.3 is 0 Å². The van der Waals surface area contributed by atoms with E-state index in [-0.39, 0.29) is 0 Å². The SMILES string of the molecule is CCC(CC)C1CN(C)c2sccc2N1. The number of anilines is 2. The third-order valence-corrected chi connectivity index (χ3v) is 4.45. The minimum absolute atomic E-state index is 0.618. The molecule has 1 aliphatic heterocycles. The van der Waals surface area contributed by atoms with E-state index < -0.39 is 0 Å². The lowest BCUT2D eigenvalue weighted by molar-refractivity contribution is 0.414. The number of fused-ring (bicyclic) bond motifs is 1. The van der Waals surface area contributed by atoms with Gasteiger partial charge < -0.3 is 10.2 Å². The van der Waals surface area contributed by atoms with Gasteiger partial charge in [0.05, 0.1) is 5.69 Å². The smallest absolute Gasteiger partial charge is 0.114 e. The molecule has 1 aromatic rings. The molecule has 0 aromatic carbocycles. The van der Waals surface area contributed by atoms with E-state index in [0.717, 1.165) is 12.5 Å². The van der Waals surface area contributed by atoms with Crippen molar-refractivity contribution in [1.29, 1.82) is 0 Å². The molecule has 0 saturated carbocycles. The number of nitrogens with one attached hydrogen (secondary N) is 1. The van der Waals surface area contributed by atoms with Crippen molar-refractivity contribution >= 4 is 22.0 Å². The summed E-state index contributed by atoms with van der Waals surface area (Å²) < 4.78 is 0. The molecule has 1 aliphatic rings. The van der Waals surface area contributed by atoms with Crippen LogP contribution < -0.4 is 10.2 Å². The highest BCUT2D eigenvalue weighted by molar-refractivity contribution is 7.14. The van der Waals surface area contributed by atoms with E-state index in [9.17, 15) is 0 Å². The summed E-state index contributed by atoms with van der Waals surface area (Å²) in [4.78, 5) is 2.39. The van der Waals surface area contributed by atoms with Gasteiger partial charge in [-0.15, -0.1) is 11.3 Å². The van der Waals surface area contributed by atoms with Crippen molar-refractivity contribution < 1.29 is 0 Å². The van der Waals surface area contributed by atoms with Gasteiger partial charge in [0.15, 0.2) is 0 Å². The summed E-state index contributed by atoms with van der Waals surface area (Å²) >= 11 is 1.83. The lowest BCUT2D eigenvalue weighted by Crippen LogP contribution is -2.43. The number of likely N-dealkylation sites (N-methyl/N-ethyl adjacent to an activating group) is 1. The standard InChI is InChI=1S/C12H20N2S/c1-4-9(5-2)11-8-14(3)12-10(13-11)6-7-15-12/h6-7,9,11,13H,4-5,8H2,1-3H3. The minimum Gasteiger partial charge on any atom is -0.378 e. The minimum atomic E-state index is 0.618. The van der Waals surface area contributed by atoms with Crippen molar-refractivity contribution in [2.45, 2.75) is 32.7 Å². The van der Waals surface area contributed by atoms with E-state index in [1.165, 1.54) is 23.5 Å². The number of nitrogens with zero attached hydrogens (tertiary/aromatic N) is 1. The quantitative estimate of drug-likeness (QED) is 0.846. The molecule has 84 valence electrons. The lowest BCUT2D eigenvalue weighted by atomic mass is 9.92. The summed E-state index contributed by atoms with van der Waals surface area (Å²) in [6, 6.07) is 2.82. The monoisotopic (exact) mass is 224 g/mol. The molecule has 0 bridgehead atoms. The predicted octanol–water partition coefficient (Wildman–Crippen LogP) is 3.41. The van der Waals surface area contributed by atoms with Gasteiger partial charge in [-0.1, -0.05) is 26.7 Å². The van der Waals surface area contributed by atoms with E-state index in [1.807, 2.05) is 11.3 Å². The number of hydrogen-bond acceptors (Lipinski definition) is 3. The van der Waals surface area contributed by atoms with Crippen LogP contribution in [0.5, 0.6) is 0 Å². The van der Waals surface area contributed by atoms with E-state index >= 15 is 0 Å². The van der Waals surface area contributed by atoms with Crippen LogP contribution in [0.25, 0.3) is 0 Å². The molecule has 0 aliphatic carbocycles. The average molecular weight is 224 g/mol. The molecule has 0 saturated heterocycles. The summed E-state index contributed by atoms with van der Waals surface area (Å²) in [6.07, 6.45) is 2.53. The molecule has 3 heteroatoms. The number of thiophene rings is 1. The lowest BCUT2D eigenvalue weighted by Gasteiger charge is -2.36. The maximum Gasteiger partial charge on any atom is 0.114 e. The molecule has 0 amide bonds. The van der Waals surface area contributed by atoms with Crippen LogP contribution >= 0.6 is 11.3 Å². The fraction of sp³-hybridized carbons (Fsp3) is 0.667. The normalized spacial score (nSPS) is 20.3. The van der Waals surface area contributed by atoms with E-state index in [2.05, 4.69) is 42.6 Å². The van der Waals surface area contributed by atoms with Gasteiger partial charge in [0.25, 0.3) is 0 Å². The Kier molecular flexibility index (Phi) is 3.19. The molecule has 2 rings (SSSR count). The second-order valence-electron chi connectivity index (χ2n) is 4.35. The highest BCUT2D eigenvalue weighted by Gasteiger charge is 2.26.